The average molecular weight is 374 g/mol. The Labute approximate surface area is 148 Å². The number of aryl methyl sites for hydroxylation is 2. The zero-order chi connectivity index (χ0) is 18.9. The summed E-state index contributed by atoms with van der Waals surface area (Å²) in [4.78, 5) is 22.8. The van der Waals surface area contributed by atoms with Crippen LogP contribution in [0, 0.1) is 13.8 Å². The van der Waals surface area contributed by atoms with E-state index in [4.69, 9.17) is 9.47 Å². The lowest BCUT2D eigenvalue weighted by Crippen LogP contribution is -2.53. The number of morpholine rings is 1. The molecule has 0 bridgehead atoms. The number of nitrogens with one attached hydrogen (secondary N) is 1. The Bertz CT molecular complexity index is 665. The highest BCUT2D eigenvalue weighted by Crippen LogP contribution is 2.32. The molecule has 0 aromatic carbocycles. The van der Waals surface area contributed by atoms with Gasteiger partial charge in [-0.1, -0.05) is 0 Å². The largest absolute Gasteiger partial charge is 0.405 e. The first kappa shape index (κ1) is 18.8. The Morgan fingerprint density at radius 3 is 2.73 bits per heavy atom. The fourth-order valence-corrected chi connectivity index (χ4v) is 3.25. The van der Waals surface area contributed by atoms with Crippen molar-refractivity contribution in [2.75, 3.05) is 37.7 Å². The Kier molecular flexibility index (Phi) is 5.07. The second-order valence-corrected chi connectivity index (χ2v) is 6.74. The number of aromatic nitrogens is 2. The Balaban J connectivity index is 1.64. The third-order valence-electron chi connectivity index (χ3n) is 4.36. The summed E-state index contributed by atoms with van der Waals surface area (Å²) in [5.74, 6) is -0.197. The molecule has 2 fully saturated rings. The molecule has 0 saturated carbocycles. The van der Waals surface area contributed by atoms with Gasteiger partial charge in [0.05, 0.1) is 19.8 Å². The molecule has 1 N–H and O–H groups in total. The number of ether oxygens (including phenoxy) is 2. The lowest BCUT2D eigenvalue weighted by molar-refractivity contribution is -0.143. The summed E-state index contributed by atoms with van der Waals surface area (Å²) >= 11 is 0. The van der Waals surface area contributed by atoms with Crippen LogP contribution in [0.5, 0.6) is 0 Å². The third-order valence-corrected chi connectivity index (χ3v) is 4.36. The molecule has 1 aromatic rings. The maximum atomic E-state index is 12.3. The molecule has 2 saturated heterocycles. The number of nitrogens with zero attached hydrogens (tertiary/aromatic N) is 3. The van der Waals surface area contributed by atoms with Crippen molar-refractivity contribution in [3.8, 4) is 0 Å². The molecule has 7 nitrogen and oxygen atoms in total. The van der Waals surface area contributed by atoms with Crippen LogP contribution >= 0.6 is 0 Å². The Morgan fingerprint density at radius 1 is 1.38 bits per heavy atom. The molecule has 2 aliphatic heterocycles. The van der Waals surface area contributed by atoms with E-state index in [1.807, 2.05) is 30.1 Å². The van der Waals surface area contributed by atoms with Crippen molar-refractivity contribution in [1.29, 1.82) is 0 Å². The first-order valence-corrected chi connectivity index (χ1v) is 8.33. The van der Waals surface area contributed by atoms with Gasteiger partial charge in [0.15, 0.2) is 0 Å². The van der Waals surface area contributed by atoms with E-state index >= 15 is 0 Å². The molecule has 1 aromatic heterocycles. The number of anilines is 1. The van der Waals surface area contributed by atoms with E-state index in [2.05, 4.69) is 9.97 Å². The second-order valence-electron chi connectivity index (χ2n) is 6.74. The summed E-state index contributed by atoms with van der Waals surface area (Å²) in [6.07, 6.45) is -5.22. The number of amides is 1. The summed E-state index contributed by atoms with van der Waals surface area (Å²) in [6.45, 7) is 3.94. The van der Waals surface area contributed by atoms with E-state index in [0.29, 0.717) is 25.6 Å². The quantitative estimate of drug-likeness (QED) is 0.855. The van der Waals surface area contributed by atoms with E-state index in [1.54, 1.807) is 0 Å². The monoisotopic (exact) mass is 374 g/mol. The maximum absolute atomic E-state index is 12.3. The third kappa shape index (κ3) is 4.42. The van der Waals surface area contributed by atoms with Crippen LogP contribution in [0.25, 0.3) is 0 Å². The van der Waals surface area contributed by atoms with Crippen molar-refractivity contribution in [3.05, 3.63) is 17.5 Å². The number of hydrogen-bond acceptors (Lipinski definition) is 6. The van der Waals surface area contributed by atoms with Crippen LogP contribution in [0.1, 0.15) is 17.8 Å². The van der Waals surface area contributed by atoms with Gasteiger partial charge in [-0.25, -0.2) is 9.97 Å². The van der Waals surface area contributed by atoms with Crippen LogP contribution in [0.15, 0.2) is 6.07 Å². The highest BCUT2D eigenvalue weighted by atomic mass is 19.4. The molecule has 10 heteroatoms. The number of carbonyl (C=O) groups is 1. The zero-order valence-corrected chi connectivity index (χ0v) is 14.6. The first-order chi connectivity index (χ1) is 12.2. The number of carbonyl (C=O) groups excluding carboxylic acids is 1. The molecule has 1 spiro atoms. The summed E-state index contributed by atoms with van der Waals surface area (Å²) in [5.41, 5.74) is 0.944. The highest BCUT2D eigenvalue weighted by molar-refractivity contribution is 5.81. The Hall–Kier alpha value is -1.94. The molecular formula is C16H21F3N4O3. The van der Waals surface area contributed by atoms with Crippen molar-refractivity contribution in [2.24, 2.45) is 0 Å². The molecular weight excluding hydrogens is 353 g/mol. The van der Waals surface area contributed by atoms with Crippen LogP contribution in [-0.4, -0.2) is 66.6 Å². The van der Waals surface area contributed by atoms with Crippen LogP contribution in [-0.2, 0) is 14.3 Å². The fourth-order valence-electron chi connectivity index (χ4n) is 3.25. The SMILES string of the molecule is Cc1cc(C)nc(N2CCOC3(COC(C(=O)NCC(F)(F)F)C3)C2)n1. The fraction of sp³-hybridized carbons (Fsp3) is 0.688. The first-order valence-electron chi connectivity index (χ1n) is 8.33. The van der Waals surface area contributed by atoms with Crippen LogP contribution in [0.2, 0.25) is 0 Å². The van der Waals surface area contributed by atoms with Gasteiger partial charge in [-0.3, -0.25) is 4.79 Å². The van der Waals surface area contributed by atoms with Crippen LogP contribution < -0.4 is 10.2 Å². The number of alkyl halides is 3. The predicted molar refractivity (Wildman–Crippen MR) is 85.8 cm³/mol. The van der Waals surface area contributed by atoms with Gasteiger partial charge in [0.25, 0.3) is 0 Å². The summed E-state index contributed by atoms with van der Waals surface area (Å²) in [6, 6.07) is 1.87. The normalized spacial score (nSPS) is 26.3. The molecule has 3 rings (SSSR count). The van der Waals surface area contributed by atoms with E-state index in [9.17, 15) is 18.0 Å². The van der Waals surface area contributed by atoms with Gasteiger partial charge in [0, 0.05) is 24.4 Å². The van der Waals surface area contributed by atoms with Crippen LogP contribution in [0.3, 0.4) is 0 Å². The summed E-state index contributed by atoms with van der Waals surface area (Å²) in [5, 5.41) is 1.86. The van der Waals surface area contributed by atoms with Gasteiger partial charge >= 0.3 is 6.18 Å². The predicted octanol–water partition coefficient (Wildman–Crippen LogP) is 1.14. The van der Waals surface area contributed by atoms with Crippen molar-refractivity contribution in [2.45, 2.75) is 38.1 Å². The number of rotatable bonds is 3. The van der Waals surface area contributed by atoms with Gasteiger partial charge in [0.1, 0.15) is 18.2 Å². The molecule has 26 heavy (non-hydrogen) atoms. The molecule has 0 radical (unpaired) electrons. The van der Waals surface area contributed by atoms with Crippen molar-refractivity contribution >= 4 is 11.9 Å². The van der Waals surface area contributed by atoms with E-state index in [0.717, 1.165) is 11.4 Å². The van der Waals surface area contributed by atoms with Gasteiger partial charge in [0.2, 0.25) is 11.9 Å². The van der Waals surface area contributed by atoms with Gasteiger partial charge < -0.3 is 19.7 Å². The molecule has 144 valence electrons. The van der Waals surface area contributed by atoms with E-state index in [1.165, 1.54) is 0 Å². The van der Waals surface area contributed by atoms with Crippen LogP contribution in [0.4, 0.5) is 19.1 Å². The van der Waals surface area contributed by atoms with E-state index in [-0.39, 0.29) is 13.0 Å². The lowest BCUT2D eigenvalue weighted by atomic mass is 9.97. The average Bonchev–Trinajstić information content (AvgIpc) is 2.94. The van der Waals surface area contributed by atoms with E-state index < -0.39 is 30.3 Å². The topological polar surface area (TPSA) is 76.6 Å². The van der Waals surface area contributed by atoms with Gasteiger partial charge in [-0.05, 0) is 19.9 Å². The Morgan fingerprint density at radius 2 is 2.08 bits per heavy atom. The maximum Gasteiger partial charge on any atom is 0.405 e. The molecule has 2 aliphatic rings. The minimum Gasteiger partial charge on any atom is -0.369 e. The second kappa shape index (κ2) is 6.99. The molecule has 3 heterocycles. The minimum absolute atomic E-state index is 0.137. The molecule has 1 amide bonds. The van der Waals surface area contributed by atoms with Crippen molar-refractivity contribution in [1.82, 2.24) is 15.3 Å². The highest BCUT2D eigenvalue weighted by Gasteiger charge is 2.47. The summed E-state index contributed by atoms with van der Waals surface area (Å²) in [7, 11) is 0. The zero-order valence-electron chi connectivity index (χ0n) is 14.6. The molecule has 2 unspecified atom stereocenters. The number of hydrogen-bond donors (Lipinski definition) is 1. The lowest BCUT2D eigenvalue weighted by Gasteiger charge is -2.39. The minimum atomic E-state index is -4.45. The summed E-state index contributed by atoms with van der Waals surface area (Å²) < 4.78 is 48.0. The standard InChI is InChI=1S/C16H21F3N4O3/c1-10-5-11(2)22-14(21-10)23-3-4-26-15(8-23)6-12(25-9-15)13(24)20-7-16(17,18)19/h5,12H,3-4,6-9H2,1-2H3,(H,20,24). The smallest absolute Gasteiger partial charge is 0.369 e. The molecule has 2 atom stereocenters. The van der Waals surface area contributed by atoms with Crippen molar-refractivity contribution < 1.29 is 27.4 Å². The van der Waals surface area contributed by atoms with Gasteiger partial charge in [-0.15, -0.1) is 0 Å². The molecule has 0 aliphatic carbocycles. The van der Waals surface area contributed by atoms with Crippen molar-refractivity contribution in [3.63, 3.8) is 0 Å². The van der Waals surface area contributed by atoms with Gasteiger partial charge in [-0.2, -0.15) is 13.2 Å². The number of halogens is 3.